The van der Waals surface area contributed by atoms with Gasteiger partial charge in [0.1, 0.15) is 0 Å². The minimum absolute atomic E-state index is 0.314. The topological polar surface area (TPSA) is 15.3 Å². The Morgan fingerprint density at radius 3 is 2.32 bits per heavy atom. The summed E-state index contributed by atoms with van der Waals surface area (Å²) in [5.41, 5.74) is 1.74. The summed E-state index contributed by atoms with van der Waals surface area (Å²) in [4.78, 5) is 2.64. The number of nitrogens with one attached hydrogen (secondary N) is 1. The number of rotatable bonds is 2. The van der Waals surface area contributed by atoms with Gasteiger partial charge in [0.15, 0.2) is 0 Å². The quantitative estimate of drug-likeness (QED) is 0.876. The van der Waals surface area contributed by atoms with Crippen LogP contribution in [0.4, 0.5) is 0 Å². The van der Waals surface area contributed by atoms with Crippen molar-refractivity contribution in [3.8, 4) is 0 Å². The molecular formula is C17H28N2. The van der Waals surface area contributed by atoms with Gasteiger partial charge in [-0.15, -0.1) is 0 Å². The van der Waals surface area contributed by atoms with E-state index in [1.165, 1.54) is 5.56 Å². The molecule has 0 radical (unpaired) electrons. The van der Waals surface area contributed by atoms with Crippen molar-refractivity contribution < 1.29 is 0 Å². The monoisotopic (exact) mass is 260 g/mol. The Kier molecular flexibility index (Phi) is 4.32. The fourth-order valence-corrected chi connectivity index (χ4v) is 2.91. The zero-order valence-corrected chi connectivity index (χ0v) is 13.0. The van der Waals surface area contributed by atoms with Gasteiger partial charge < -0.3 is 5.32 Å². The normalized spacial score (nSPS) is 25.8. The first-order chi connectivity index (χ1) is 8.89. The Hall–Kier alpha value is -0.860. The summed E-state index contributed by atoms with van der Waals surface area (Å²) in [6.45, 7) is 13.8. The molecule has 0 aromatic heterocycles. The highest BCUT2D eigenvalue weighted by molar-refractivity contribution is 5.20. The van der Waals surface area contributed by atoms with Gasteiger partial charge in [-0.25, -0.2) is 0 Å². The molecule has 2 atom stereocenters. The zero-order valence-electron chi connectivity index (χ0n) is 13.0. The van der Waals surface area contributed by atoms with Crippen molar-refractivity contribution in [3.63, 3.8) is 0 Å². The van der Waals surface area contributed by atoms with Gasteiger partial charge >= 0.3 is 0 Å². The molecule has 0 spiro atoms. The van der Waals surface area contributed by atoms with E-state index in [0.717, 1.165) is 13.1 Å². The van der Waals surface area contributed by atoms with Crippen LogP contribution in [0.5, 0.6) is 0 Å². The molecule has 1 saturated heterocycles. The maximum Gasteiger partial charge on any atom is 0.0476 e. The van der Waals surface area contributed by atoms with Gasteiger partial charge in [-0.3, -0.25) is 4.90 Å². The molecule has 19 heavy (non-hydrogen) atoms. The third-order valence-electron chi connectivity index (χ3n) is 4.24. The minimum atomic E-state index is 0.314. The summed E-state index contributed by atoms with van der Waals surface area (Å²) in [5.74, 6) is 0. The van der Waals surface area contributed by atoms with Crippen molar-refractivity contribution >= 4 is 0 Å². The lowest BCUT2D eigenvalue weighted by Gasteiger charge is -2.47. The Labute approximate surface area is 118 Å². The highest BCUT2D eigenvalue weighted by Crippen LogP contribution is 2.30. The maximum absolute atomic E-state index is 3.75. The predicted octanol–water partition coefficient (Wildman–Crippen LogP) is 3.46. The van der Waals surface area contributed by atoms with E-state index in [9.17, 15) is 0 Å². The summed E-state index contributed by atoms with van der Waals surface area (Å²) in [6.07, 6.45) is 0. The molecule has 2 nitrogen and oxygen atoms in total. The Balaban J connectivity index is 2.18. The van der Waals surface area contributed by atoms with Crippen molar-refractivity contribution in [2.75, 3.05) is 13.1 Å². The second kappa shape index (κ2) is 5.64. The zero-order chi connectivity index (χ0) is 14.0. The summed E-state index contributed by atoms with van der Waals surface area (Å²) in [5, 5.41) is 3.75. The van der Waals surface area contributed by atoms with Crippen molar-refractivity contribution in [1.82, 2.24) is 10.2 Å². The minimum Gasteiger partial charge on any atom is -0.310 e. The van der Waals surface area contributed by atoms with E-state index in [1.807, 2.05) is 0 Å². The van der Waals surface area contributed by atoms with Crippen molar-refractivity contribution in [2.45, 2.75) is 52.7 Å². The van der Waals surface area contributed by atoms with Gasteiger partial charge in [-0.1, -0.05) is 51.1 Å². The largest absolute Gasteiger partial charge is 0.310 e. The van der Waals surface area contributed by atoms with Crippen molar-refractivity contribution in [2.24, 2.45) is 5.41 Å². The first kappa shape index (κ1) is 14.5. The molecule has 1 aromatic rings. The smallest absolute Gasteiger partial charge is 0.0476 e. The highest BCUT2D eigenvalue weighted by atomic mass is 15.3. The number of nitrogens with zero attached hydrogens (tertiary/aromatic N) is 1. The first-order valence-electron chi connectivity index (χ1n) is 7.43. The third kappa shape index (κ3) is 3.37. The van der Waals surface area contributed by atoms with Crippen LogP contribution in [-0.4, -0.2) is 30.1 Å². The fraction of sp³-hybridized carbons (Fsp3) is 0.647. The summed E-state index contributed by atoms with van der Waals surface area (Å²) < 4.78 is 0. The van der Waals surface area contributed by atoms with Gasteiger partial charge in [0.2, 0.25) is 0 Å². The van der Waals surface area contributed by atoms with Gasteiger partial charge in [-0.2, -0.15) is 0 Å². The van der Waals surface area contributed by atoms with Gasteiger partial charge in [0.05, 0.1) is 0 Å². The molecule has 0 bridgehead atoms. The first-order valence-corrected chi connectivity index (χ1v) is 7.43. The van der Waals surface area contributed by atoms with E-state index in [2.05, 4.69) is 75.2 Å². The van der Waals surface area contributed by atoms with Crippen LogP contribution in [0.15, 0.2) is 30.3 Å². The summed E-state index contributed by atoms with van der Waals surface area (Å²) >= 11 is 0. The standard InChI is InChI=1S/C17H28N2/c1-13(2)19-12-16(17(3,4)5)18-11-15(19)14-9-7-6-8-10-14/h6-10,13,15-16,18H,11-12H2,1-5H3. The second-order valence-corrected chi connectivity index (χ2v) is 7.04. The molecular weight excluding hydrogens is 232 g/mol. The van der Waals surface area contributed by atoms with E-state index >= 15 is 0 Å². The molecule has 1 heterocycles. The van der Waals surface area contributed by atoms with Crippen LogP contribution in [0.1, 0.15) is 46.2 Å². The molecule has 1 fully saturated rings. The average molecular weight is 260 g/mol. The van der Waals surface area contributed by atoms with Crippen molar-refractivity contribution in [1.29, 1.82) is 0 Å². The third-order valence-corrected chi connectivity index (χ3v) is 4.24. The van der Waals surface area contributed by atoms with Gasteiger partial charge in [0.25, 0.3) is 0 Å². The highest BCUT2D eigenvalue weighted by Gasteiger charge is 2.35. The summed E-state index contributed by atoms with van der Waals surface area (Å²) in [7, 11) is 0. The molecule has 0 saturated carbocycles. The van der Waals surface area contributed by atoms with E-state index in [0.29, 0.717) is 23.5 Å². The number of benzene rings is 1. The molecule has 0 aliphatic carbocycles. The van der Waals surface area contributed by atoms with E-state index in [-0.39, 0.29) is 0 Å². The molecule has 1 aliphatic rings. The van der Waals surface area contributed by atoms with E-state index in [1.54, 1.807) is 0 Å². The average Bonchev–Trinajstić information content (AvgIpc) is 2.38. The molecule has 1 aliphatic heterocycles. The summed E-state index contributed by atoms with van der Waals surface area (Å²) in [6, 6.07) is 12.5. The van der Waals surface area contributed by atoms with Crippen LogP contribution in [0.2, 0.25) is 0 Å². The van der Waals surface area contributed by atoms with Crippen LogP contribution < -0.4 is 5.32 Å². The Bertz CT molecular complexity index is 391. The molecule has 2 unspecified atom stereocenters. The maximum atomic E-state index is 3.75. The lowest BCUT2D eigenvalue weighted by molar-refractivity contribution is 0.0607. The SMILES string of the molecule is CC(C)N1CC(C(C)(C)C)NCC1c1ccccc1. The number of piperazine rings is 1. The van der Waals surface area contributed by atoms with Crippen LogP contribution in [0.3, 0.4) is 0 Å². The van der Waals surface area contributed by atoms with Crippen LogP contribution in [0, 0.1) is 5.41 Å². The molecule has 1 N–H and O–H groups in total. The van der Waals surface area contributed by atoms with Crippen LogP contribution in [0.25, 0.3) is 0 Å². The Morgan fingerprint density at radius 2 is 1.79 bits per heavy atom. The number of hydrogen-bond acceptors (Lipinski definition) is 2. The van der Waals surface area contributed by atoms with Gasteiger partial charge in [0, 0.05) is 31.2 Å². The fourth-order valence-electron chi connectivity index (χ4n) is 2.91. The lowest BCUT2D eigenvalue weighted by atomic mass is 9.83. The van der Waals surface area contributed by atoms with Crippen LogP contribution >= 0.6 is 0 Å². The van der Waals surface area contributed by atoms with E-state index in [4.69, 9.17) is 0 Å². The van der Waals surface area contributed by atoms with Gasteiger partial charge in [-0.05, 0) is 24.8 Å². The Morgan fingerprint density at radius 1 is 1.16 bits per heavy atom. The second-order valence-electron chi connectivity index (χ2n) is 7.04. The predicted molar refractivity (Wildman–Crippen MR) is 82.3 cm³/mol. The lowest BCUT2D eigenvalue weighted by Crippen LogP contribution is -2.58. The molecule has 0 amide bonds. The molecule has 106 valence electrons. The van der Waals surface area contributed by atoms with Crippen molar-refractivity contribution in [3.05, 3.63) is 35.9 Å². The van der Waals surface area contributed by atoms with E-state index < -0.39 is 0 Å². The number of hydrogen-bond donors (Lipinski definition) is 1. The van der Waals surface area contributed by atoms with Crippen LogP contribution in [-0.2, 0) is 0 Å². The molecule has 1 aromatic carbocycles. The molecule has 2 rings (SSSR count). The molecule has 2 heteroatoms.